The van der Waals surface area contributed by atoms with E-state index in [-0.39, 0.29) is 6.54 Å². The highest BCUT2D eigenvalue weighted by molar-refractivity contribution is 5.75. The second kappa shape index (κ2) is 8.40. The van der Waals surface area contributed by atoms with Crippen molar-refractivity contribution in [2.45, 2.75) is 19.9 Å². The highest BCUT2D eigenvalue weighted by atomic mass is 16.5. The first-order valence-corrected chi connectivity index (χ1v) is 7.54. The van der Waals surface area contributed by atoms with Crippen LogP contribution in [0.3, 0.4) is 0 Å². The number of aryl methyl sites for hydroxylation is 1. The van der Waals surface area contributed by atoms with Gasteiger partial charge in [-0.25, -0.2) is 0 Å². The van der Waals surface area contributed by atoms with E-state index in [9.17, 15) is 4.79 Å². The lowest BCUT2D eigenvalue weighted by atomic mass is 10.1. The average Bonchev–Trinajstić information content (AvgIpc) is 3.00. The van der Waals surface area contributed by atoms with E-state index in [1.807, 2.05) is 29.2 Å². The van der Waals surface area contributed by atoms with Crippen LogP contribution in [-0.4, -0.2) is 47.8 Å². The predicted octanol–water partition coefficient (Wildman–Crippen LogP) is 1.23. The van der Waals surface area contributed by atoms with Gasteiger partial charge in [-0.2, -0.15) is 4.98 Å². The number of hydrogen-bond acceptors (Lipinski definition) is 6. The molecule has 2 aromatic rings. The number of ether oxygens (including phenoxy) is 1. The van der Waals surface area contributed by atoms with Crippen molar-refractivity contribution in [2.24, 2.45) is 5.73 Å². The van der Waals surface area contributed by atoms with Crippen molar-refractivity contribution in [2.75, 3.05) is 26.8 Å². The molecule has 1 amide bonds. The van der Waals surface area contributed by atoms with Crippen LogP contribution < -0.4 is 5.73 Å². The van der Waals surface area contributed by atoms with E-state index < -0.39 is 5.91 Å². The molecule has 23 heavy (non-hydrogen) atoms. The first-order valence-electron chi connectivity index (χ1n) is 7.54. The fourth-order valence-corrected chi connectivity index (χ4v) is 2.17. The third-order valence-electron chi connectivity index (χ3n) is 3.44. The molecule has 0 atom stereocenters. The molecule has 0 saturated carbocycles. The monoisotopic (exact) mass is 318 g/mol. The van der Waals surface area contributed by atoms with E-state index in [0.29, 0.717) is 31.4 Å². The van der Waals surface area contributed by atoms with E-state index in [2.05, 4.69) is 17.1 Å². The van der Waals surface area contributed by atoms with Crippen LogP contribution in [0.1, 0.15) is 18.4 Å². The Morgan fingerprint density at radius 3 is 2.70 bits per heavy atom. The van der Waals surface area contributed by atoms with Gasteiger partial charge in [0, 0.05) is 19.2 Å². The van der Waals surface area contributed by atoms with Crippen LogP contribution in [0.15, 0.2) is 28.8 Å². The predicted molar refractivity (Wildman–Crippen MR) is 85.5 cm³/mol. The summed E-state index contributed by atoms with van der Waals surface area (Å²) in [6.45, 7) is 3.63. The number of amides is 1. The number of hydrogen-bond donors (Lipinski definition) is 1. The van der Waals surface area contributed by atoms with Crippen LogP contribution in [0.4, 0.5) is 0 Å². The van der Waals surface area contributed by atoms with Crippen molar-refractivity contribution >= 4 is 5.91 Å². The molecule has 0 unspecified atom stereocenters. The quantitative estimate of drug-likeness (QED) is 0.747. The van der Waals surface area contributed by atoms with Crippen LogP contribution in [-0.2, 0) is 22.5 Å². The van der Waals surface area contributed by atoms with E-state index in [1.165, 1.54) is 5.56 Å². The molecule has 0 aliphatic heterocycles. The maximum absolute atomic E-state index is 11.1. The molecule has 1 aromatic carbocycles. The minimum Gasteiger partial charge on any atom is -0.383 e. The van der Waals surface area contributed by atoms with Gasteiger partial charge in [0.05, 0.1) is 19.7 Å². The van der Waals surface area contributed by atoms with Crippen LogP contribution in [0.2, 0.25) is 0 Å². The second-order valence-electron chi connectivity index (χ2n) is 5.23. The molecule has 0 aliphatic rings. The van der Waals surface area contributed by atoms with Gasteiger partial charge in [0.15, 0.2) is 0 Å². The van der Waals surface area contributed by atoms with Gasteiger partial charge in [-0.1, -0.05) is 36.3 Å². The zero-order valence-corrected chi connectivity index (χ0v) is 13.5. The summed E-state index contributed by atoms with van der Waals surface area (Å²) in [6.07, 6.45) is 0.985. The maximum atomic E-state index is 11.1. The second-order valence-corrected chi connectivity index (χ2v) is 5.23. The molecule has 0 aliphatic carbocycles. The number of nitrogens with zero attached hydrogens (tertiary/aromatic N) is 3. The summed E-state index contributed by atoms with van der Waals surface area (Å²) in [5.74, 6) is 0.571. The Morgan fingerprint density at radius 1 is 1.35 bits per heavy atom. The van der Waals surface area contributed by atoms with Gasteiger partial charge in [-0.05, 0) is 12.0 Å². The number of carbonyl (C=O) groups is 1. The number of nitrogens with two attached hydrogens (primary N) is 1. The lowest BCUT2D eigenvalue weighted by molar-refractivity contribution is -0.119. The molecular weight excluding hydrogens is 296 g/mol. The first kappa shape index (κ1) is 17.1. The molecular formula is C16H22N4O3. The molecule has 0 spiro atoms. The van der Waals surface area contributed by atoms with Crippen molar-refractivity contribution < 1.29 is 14.1 Å². The molecule has 0 bridgehead atoms. The smallest absolute Gasteiger partial charge is 0.241 e. The zero-order valence-electron chi connectivity index (χ0n) is 13.5. The standard InChI is InChI=1S/C16H22N4O3/c1-3-12-4-6-13(7-5-12)16-18-15(23-19-16)11-20(8-9-22-2)10-14(17)21/h4-7H,3,8-11H2,1-2H3,(H2,17,21). The third-order valence-corrected chi connectivity index (χ3v) is 3.44. The van der Waals surface area contributed by atoms with E-state index >= 15 is 0 Å². The molecule has 7 heteroatoms. The van der Waals surface area contributed by atoms with Gasteiger partial charge in [-0.15, -0.1) is 0 Å². The lowest BCUT2D eigenvalue weighted by Gasteiger charge is -2.17. The Morgan fingerprint density at radius 2 is 2.09 bits per heavy atom. The van der Waals surface area contributed by atoms with Gasteiger partial charge in [0.1, 0.15) is 0 Å². The van der Waals surface area contributed by atoms with Gasteiger partial charge in [-0.3, -0.25) is 9.69 Å². The number of rotatable bonds is 9. The van der Waals surface area contributed by atoms with Crippen molar-refractivity contribution in [3.05, 3.63) is 35.7 Å². The number of methoxy groups -OCH3 is 1. The van der Waals surface area contributed by atoms with E-state index in [0.717, 1.165) is 12.0 Å². The molecule has 1 heterocycles. The Balaban J connectivity index is 2.05. The van der Waals surface area contributed by atoms with Crippen molar-refractivity contribution in [3.63, 3.8) is 0 Å². The molecule has 7 nitrogen and oxygen atoms in total. The number of benzene rings is 1. The minimum atomic E-state index is -0.406. The molecule has 0 saturated heterocycles. The highest BCUT2D eigenvalue weighted by Crippen LogP contribution is 2.17. The summed E-state index contributed by atoms with van der Waals surface area (Å²) in [7, 11) is 1.60. The van der Waals surface area contributed by atoms with Gasteiger partial charge in [0.25, 0.3) is 0 Å². The summed E-state index contributed by atoms with van der Waals surface area (Å²) >= 11 is 0. The molecule has 0 fully saturated rings. The number of primary amides is 1. The number of carbonyl (C=O) groups excluding carboxylic acids is 1. The maximum Gasteiger partial charge on any atom is 0.241 e. The molecule has 2 rings (SSSR count). The number of aromatic nitrogens is 2. The van der Waals surface area contributed by atoms with Gasteiger partial charge < -0.3 is 15.0 Å². The zero-order chi connectivity index (χ0) is 16.7. The SMILES string of the molecule is CCc1ccc(-c2noc(CN(CCOC)CC(N)=O)n2)cc1. The van der Waals surface area contributed by atoms with Crippen molar-refractivity contribution in [1.82, 2.24) is 15.0 Å². The lowest BCUT2D eigenvalue weighted by Crippen LogP contribution is -2.35. The molecule has 1 aromatic heterocycles. The van der Waals surface area contributed by atoms with Gasteiger partial charge >= 0.3 is 0 Å². The molecule has 0 radical (unpaired) electrons. The highest BCUT2D eigenvalue weighted by Gasteiger charge is 2.14. The van der Waals surface area contributed by atoms with Crippen LogP contribution in [0.25, 0.3) is 11.4 Å². The average molecular weight is 318 g/mol. The van der Waals surface area contributed by atoms with Crippen molar-refractivity contribution in [1.29, 1.82) is 0 Å². The Hall–Kier alpha value is -2.25. The summed E-state index contributed by atoms with van der Waals surface area (Å²) < 4.78 is 10.3. The Labute approximate surface area is 135 Å². The van der Waals surface area contributed by atoms with E-state index in [4.69, 9.17) is 15.0 Å². The Kier molecular flexibility index (Phi) is 6.25. The van der Waals surface area contributed by atoms with Gasteiger partial charge in [0.2, 0.25) is 17.6 Å². The molecule has 124 valence electrons. The minimum absolute atomic E-state index is 0.117. The topological polar surface area (TPSA) is 94.5 Å². The molecule has 2 N–H and O–H groups in total. The largest absolute Gasteiger partial charge is 0.383 e. The first-order chi connectivity index (χ1) is 11.1. The summed E-state index contributed by atoms with van der Waals surface area (Å²) in [5.41, 5.74) is 7.41. The van der Waals surface area contributed by atoms with Crippen LogP contribution in [0, 0.1) is 0 Å². The van der Waals surface area contributed by atoms with E-state index in [1.54, 1.807) is 7.11 Å². The Bertz CT molecular complexity index is 625. The normalized spacial score (nSPS) is 11.1. The summed E-state index contributed by atoms with van der Waals surface area (Å²) in [6, 6.07) is 8.03. The van der Waals surface area contributed by atoms with Crippen molar-refractivity contribution in [3.8, 4) is 11.4 Å². The third kappa shape index (κ3) is 5.15. The summed E-state index contributed by atoms with van der Waals surface area (Å²) in [5, 5.41) is 3.99. The fourth-order valence-electron chi connectivity index (χ4n) is 2.17. The van der Waals surface area contributed by atoms with Crippen LogP contribution in [0.5, 0.6) is 0 Å². The summed E-state index contributed by atoms with van der Waals surface area (Å²) in [4.78, 5) is 17.3. The van der Waals surface area contributed by atoms with Crippen LogP contribution >= 0.6 is 0 Å². The fraction of sp³-hybridized carbons (Fsp3) is 0.438.